The van der Waals surface area contributed by atoms with Gasteiger partial charge >= 0.3 is 0 Å². The van der Waals surface area contributed by atoms with Gasteiger partial charge in [-0.1, -0.05) is 36.7 Å². The maximum atomic E-state index is 6.23. The lowest BCUT2D eigenvalue weighted by Gasteiger charge is -2.19. The van der Waals surface area contributed by atoms with E-state index >= 15 is 0 Å². The summed E-state index contributed by atoms with van der Waals surface area (Å²) in [6, 6.07) is 8.51. The van der Waals surface area contributed by atoms with E-state index in [0.29, 0.717) is 0 Å². The van der Waals surface area contributed by atoms with Crippen LogP contribution >= 0.6 is 11.6 Å². The standard InChI is InChI=1S/C16H19ClN2/c1-4-19-16(14-7-11(2)9-18-10-14)13-6-5-12(3)15(17)8-13/h5-10,16,19H,4H2,1-3H3. The lowest BCUT2D eigenvalue weighted by atomic mass is 9.98. The Balaban J connectivity index is 2.42. The van der Waals surface area contributed by atoms with Crippen LogP contribution in [0.4, 0.5) is 0 Å². The average molecular weight is 275 g/mol. The topological polar surface area (TPSA) is 24.9 Å². The van der Waals surface area contributed by atoms with Crippen LogP contribution in [0.3, 0.4) is 0 Å². The van der Waals surface area contributed by atoms with E-state index in [2.05, 4.69) is 42.3 Å². The van der Waals surface area contributed by atoms with Gasteiger partial charge in [0.25, 0.3) is 0 Å². The number of hydrogen-bond donors (Lipinski definition) is 1. The molecule has 1 atom stereocenters. The van der Waals surface area contributed by atoms with Crippen molar-refractivity contribution in [2.24, 2.45) is 0 Å². The van der Waals surface area contributed by atoms with Crippen molar-refractivity contribution in [1.29, 1.82) is 0 Å². The maximum absolute atomic E-state index is 6.23. The van der Waals surface area contributed by atoms with E-state index in [4.69, 9.17) is 11.6 Å². The molecule has 1 N–H and O–H groups in total. The van der Waals surface area contributed by atoms with E-state index in [1.54, 1.807) is 0 Å². The number of pyridine rings is 1. The van der Waals surface area contributed by atoms with Gasteiger partial charge in [0.2, 0.25) is 0 Å². The van der Waals surface area contributed by atoms with Gasteiger partial charge in [0.15, 0.2) is 0 Å². The zero-order valence-electron chi connectivity index (χ0n) is 11.6. The number of aromatic nitrogens is 1. The van der Waals surface area contributed by atoms with Crippen LogP contribution in [0.2, 0.25) is 5.02 Å². The molecular weight excluding hydrogens is 256 g/mol. The highest BCUT2D eigenvalue weighted by molar-refractivity contribution is 6.31. The van der Waals surface area contributed by atoms with Crippen LogP contribution in [0, 0.1) is 13.8 Å². The second kappa shape index (κ2) is 6.18. The number of benzene rings is 1. The number of rotatable bonds is 4. The summed E-state index contributed by atoms with van der Waals surface area (Å²) in [7, 11) is 0. The number of aryl methyl sites for hydroxylation is 2. The van der Waals surface area contributed by atoms with Crippen molar-refractivity contribution in [2.45, 2.75) is 26.8 Å². The van der Waals surface area contributed by atoms with Crippen LogP contribution in [0.5, 0.6) is 0 Å². The van der Waals surface area contributed by atoms with Gasteiger partial charge in [-0.2, -0.15) is 0 Å². The quantitative estimate of drug-likeness (QED) is 0.910. The second-order valence-corrected chi connectivity index (χ2v) is 5.20. The highest BCUT2D eigenvalue weighted by Crippen LogP contribution is 2.26. The lowest BCUT2D eigenvalue weighted by Crippen LogP contribution is -2.22. The molecular formula is C16H19ClN2. The molecule has 1 aromatic carbocycles. The van der Waals surface area contributed by atoms with Crippen molar-refractivity contribution in [3.05, 3.63) is 63.9 Å². The molecule has 1 aromatic heterocycles. The molecule has 0 spiro atoms. The maximum Gasteiger partial charge on any atom is 0.0592 e. The van der Waals surface area contributed by atoms with E-state index in [1.165, 1.54) is 16.7 Å². The number of nitrogens with one attached hydrogen (secondary N) is 1. The molecule has 100 valence electrons. The van der Waals surface area contributed by atoms with E-state index in [0.717, 1.165) is 17.1 Å². The Morgan fingerprint density at radius 2 is 1.95 bits per heavy atom. The van der Waals surface area contributed by atoms with Gasteiger partial charge < -0.3 is 5.32 Å². The summed E-state index contributed by atoms with van der Waals surface area (Å²) in [6.45, 7) is 7.07. The van der Waals surface area contributed by atoms with E-state index < -0.39 is 0 Å². The van der Waals surface area contributed by atoms with Gasteiger partial charge in [0.1, 0.15) is 0 Å². The normalized spacial score (nSPS) is 12.4. The minimum absolute atomic E-state index is 0.135. The Morgan fingerprint density at radius 3 is 2.58 bits per heavy atom. The van der Waals surface area contributed by atoms with Gasteiger partial charge in [-0.15, -0.1) is 0 Å². The molecule has 0 fully saturated rings. The van der Waals surface area contributed by atoms with Crippen LogP contribution in [-0.4, -0.2) is 11.5 Å². The molecule has 3 heteroatoms. The zero-order valence-corrected chi connectivity index (χ0v) is 12.3. The molecule has 0 amide bonds. The summed E-state index contributed by atoms with van der Waals surface area (Å²) in [5, 5.41) is 4.30. The third-order valence-electron chi connectivity index (χ3n) is 3.17. The third kappa shape index (κ3) is 3.34. The molecule has 2 rings (SSSR count). The summed E-state index contributed by atoms with van der Waals surface area (Å²) in [5.74, 6) is 0. The molecule has 1 unspecified atom stereocenters. The Hall–Kier alpha value is -1.38. The van der Waals surface area contributed by atoms with Crippen LogP contribution < -0.4 is 5.32 Å². The molecule has 0 saturated carbocycles. The fraction of sp³-hybridized carbons (Fsp3) is 0.312. The fourth-order valence-corrected chi connectivity index (χ4v) is 2.35. The molecule has 0 aliphatic rings. The van der Waals surface area contributed by atoms with Crippen molar-refractivity contribution < 1.29 is 0 Å². The highest BCUT2D eigenvalue weighted by Gasteiger charge is 2.14. The summed E-state index contributed by atoms with van der Waals surface area (Å²) < 4.78 is 0. The summed E-state index contributed by atoms with van der Waals surface area (Å²) in [5.41, 5.74) is 4.60. The summed E-state index contributed by atoms with van der Waals surface area (Å²) in [4.78, 5) is 4.28. The highest BCUT2D eigenvalue weighted by atomic mass is 35.5. The first-order valence-electron chi connectivity index (χ1n) is 6.52. The Bertz CT molecular complexity index is 566. The molecule has 0 bridgehead atoms. The molecule has 0 radical (unpaired) electrons. The SMILES string of the molecule is CCNC(c1cncc(C)c1)c1ccc(C)c(Cl)c1. The number of hydrogen-bond acceptors (Lipinski definition) is 2. The fourth-order valence-electron chi connectivity index (χ4n) is 2.16. The van der Waals surface area contributed by atoms with Crippen LogP contribution in [-0.2, 0) is 0 Å². The second-order valence-electron chi connectivity index (χ2n) is 4.79. The van der Waals surface area contributed by atoms with Crippen molar-refractivity contribution in [3.63, 3.8) is 0 Å². The minimum atomic E-state index is 0.135. The molecule has 0 saturated heterocycles. The largest absolute Gasteiger partial charge is 0.306 e. The predicted octanol–water partition coefficient (Wildman–Crippen LogP) is 4.05. The van der Waals surface area contributed by atoms with Gasteiger partial charge in [0.05, 0.1) is 6.04 Å². The van der Waals surface area contributed by atoms with Crippen molar-refractivity contribution in [3.8, 4) is 0 Å². The molecule has 19 heavy (non-hydrogen) atoms. The minimum Gasteiger partial charge on any atom is -0.306 e. The van der Waals surface area contributed by atoms with Crippen LogP contribution in [0.15, 0.2) is 36.7 Å². The molecule has 1 heterocycles. The van der Waals surface area contributed by atoms with Crippen molar-refractivity contribution in [2.75, 3.05) is 6.54 Å². The van der Waals surface area contributed by atoms with E-state index in [1.807, 2.05) is 25.4 Å². The average Bonchev–Trinajstić information content (AvgIpc) is 2.39. The van der Waals surface area contributed by atoms with E-state index in [9.17, 15) is 0 Å². The summed E-state index contributed by atoms with van der Waals surface area (Å²) >= 11 is 6.23. The molecule has 0 aliphatic carbocycles. The molecule has 2 nitrogen and oxygen atoms in total. The number of nitrogens with zero attached hydrogens (tertiary/aromatic N) is 1. The first-order valence-corrected chi connectivity index (χ1v) is 6.90. The monoisotopic (exact) mass is 274 g/mol. The van der Waals surface area contributed by atoms with Crippen molar-refractivity contribution in [1.82, 2.24) is 10.3 Å². The Kier molecular flexibility index (Phi) is 4.56. The first-order chi connectivity index (χ1) is 9.11. The summed E-state index contributed by atoms with van der Waals surface area (Å²) in [6.07, 6.45) is 3.78. The van der Waals surface area contributed by atoms with Crippen LogP contribution in [0.1, 0.15) is 35.2 Å². The third-order valence-corrected chi connectivity index (χ3v) is 3.57. The smallest absolute Gasteiger partial charge is 0.0592 e. The predicted molar refractivity (Wildman–Crippen MR) is 80.7 cm³/mol. The Morgan fingerprint density at radius 1 is 1.16 bits per heavy atom. The lowest BCUT2D eigenvalue weighted by molar-refractivity contribution is 0.628. The van der Waals surface area contributed by atoms with E-state index in [-0.39, 0.29) is 6.04 Å². The zero-order chi connectivity index (χ0) is 13.8. The van der Waals surface area contributed by atoms with Gasteiger partial charge in [0, 0.05) is 17.4 Å². The molecule has 0 aliphatic heterocycles. The van der Waals surface area contributed by atoms with Gasteiger partial charge in [-0.25, -0.2) is 0 Å². The number of halogens is 1. The first kappa shape index (κ1) is 14.0. The van der Waals surface area contributed by atoms with Crippen molar-refractivity contribution >= 4 is 11.6 Å². The Labute approximate surface area is 119 Å². The van der Waals surface area contributed by atoms with Gasteiger partial charge in [-0.05, 0) is 48.7 Å². The van der Waals surface area contributed by atoms with Gasteiger partial charge in [-0.3, -0.25) is 4.98 Å². The molecule has 2 aromatic rings. The van der Waals surface area contributed by atoms with Crippen LogP contribution in [0.25, 0.3) is 0 Å².